The fourth-order valence-corrected chi connectivity index (χ4v) is 4.77. The van der Waals surface area contributed by atoms with Crippen LogP contribution in [0.4, 0.5) is 5.69 Å². The highest BCUT2D eigenvalue weighted by molar-refractivity contribution is 6.51. The molecule has 2 aromatic carbocycles. The van der Waals surface area contributed by atoms with E-state index in [4.69, 9.17) is 0 Å². The summed E-state index contributed by atoms with van der Waals surface area (Å²) in [4.78, 5) is 32.1. The van der Waals surface area contributed by atoms with Crippen LogP contribution >= 0.6 is 0 Å². The molecule has 1 aliphatic carbocycles. The number of amides is 1. The van der Waals surface area contributed by atoms with E-state index >= 15 is 0 Å². The zero-order valence-corrected chi connectivity index (χ0v) is 17.9. The van der Waals surface area contributed by atoms with Gasteiger partial charge in [0, 0.05) is 23.6 Å². The molecule has 2 aliphatic rings. The molecule has 1 amide bonds. The molecule has 160 valence electrons. The second-order valence-electron chi connectivity index (χ2n) is 8.49. The van der Waals surface area contributed by atoms with Gasteiger partial charge in [-0.3, -0.25) is 19.5 Å². The predicted octanol–water partition coefficient (Wildman–Crippen LogP) is 4.90. The standard InChI is InChI=1S/C27H24N2O3/c1-17-6-4-10-22(14-17)29-24(21-9-5-13-28-16-21)23(26(31)27(29)32)25(30)20-12-11-18-7-2-3-8-19(18)15-20/h4-6,9-16,24,30H,2-3,7-8H2,1H3/b25-23-. The van der Waals surface area contributed by atoms with E-state index in [1.165, 1.54) is 22.4 Å². The molecule has 2 heterocycles. The molecule has 5 rings (SSSR count). The monoisotopic (exact) mass is 424 g/mol. The van der Waals surface area contributed by atoms with Gasteiger partial charge in [0.05, 0.1) is 11.6 Å². The fraction of sp³-hybridized carbons (Fsp3) is 0.222. The Morgan fingerprint density at radius 1 is 1.00 bits per heavy atom. The first kappa shape index (κ1) is 20.2. The summed E-state index contributed by atoms with van der Waals surface area (Å²) in [6.45, 7) is 1.94. The largest absolute Gasteiger partial charge is 0.507 e. The number of pyridine rings is 1. The van der Waals surface area contributed by atoms with Crippen LogP contribution in [0.1, 0.15) is 46.7 Å². The first-order chi connectivity index (χ1) is 15.5. The van der Waals surface area contributed by atoms with Crippen LogP contribution < -0.4 is 4.90 Å². The third-order valence-electron chi connectivity index (χ3n) is 6.35. The molecule has 5 nitrogen and oxygen atoms in total. The molecule has 1 fully saturated rings. The van der Waals surface area contributed by atoms with Gasteiger partial charge in [-0.05, 0) is 79.1 Å². The van der Waals surface area contributed by atoms with Crippen LogP contribution in [0.5, 0.6) is 0 Å². The van der Waals surface area contributed by atoms with Crippen LogP contribution in [0, 0.1) is 6.92 Å². The summed E-state index contributed by atoms with van der Waals surface area (Å²) < 4.78 is 0. The minimum atomic E-state index is -0.749. The summed E-state index contributed by atoms with van der Waals surface area (Å²) in [5.41, 5.74) is 5.42. The highest BCUT2D eigenvalue weighted by Crippen LogP contribution is 2.42. The Kier molecular flexibility index (Phi) is 5.10. The lowest BCUT2D eigenvalue weighted by molar-refractivity contribution is -0.132. The van der Waals surface area contributed by atoms with Crippen molar-refractivity contribution < 1.29 is 14.7 Å². The van der Waals surface area contributed by atoms with Crippen LogP contribution in [0.2, 0.25) is 0 Å². The number of aryl methyl sites for hydroxylation is 3. The Labute approximate surface area is 187 Å². The number of ketones is 1. The van der Waals surface area contributed by atoms with Gasteiger partial charge >= 0.3 is 0 Å². The summed E-state index contributed by atoms with van der Waals surface area (Å²) >= 11 is 0. The number of fused-ring (bicyclic) bond motifs is 1. The number of hydrogen-bond donors (Lipinski definition) is 1. The van der Waals surface area contributed by atoms with Crippen molar-refractivity contribution >= 4 is 23.1 Å². The van der Waals surface area contributed by atoms with Gasteiger partial charge in [0.1, 0.15) is 5.76 Å². The number of carbonyl (C=O) groups excluding carboxylic acids is 2. The van der Waals surface area contributed by atoms with Gasteiger partial charge in [-0.2, -0.15) is 0 Å². The molecule has 5 heteroatoms. The van der Waals surface area contributed by atoms with E-state index in [9.17, 15) is 14.7 Å². The highest BCUT2D eigenvalue weighted by atomic mass is 16.3. The maximum Gasteiger partial charge on any atom is 0.300 e. The van der Waals surface area contributed by atoms with Crippen molar-refractivity contribution in [3.05, 3.63) is 100 Å². The third-order valence-corrected chi connectivity index (χ3v) is 6.35. The Hall–Kier alpha value is -3.73. The summed E-state index contributed by atoms with van der Waals surface area (Å²) in [6, 6.07) is 16.1. The summed E-state index contributed by atoms with van der Waals surface area (Å²) in [5, 5.41) is 11.3. The molecule has 1 saturated heterocycles. The first-order valence-electron chi connectivity index (χ1n) is 10.9. The van der Waals surface area contributed by atoms with Crippen molar-refractivity contribution in [2.45, 2.75) is 38.6 Å². The first-order valence-corrected chi connectivity index (χ1v) is 10.9. The second-order valence-corrected chi connectivity index (χ2v) is 8.49. The van der Waals surface area contributed by atoms with Crippen molar-refractivity contribution in [2.24, 2.45) is 0 Å². The van der Waals surface area contributed by atoms with Crippen molar-refractivity contribution in [3.8, 4) is 0 Å². The number of hydrogen-bond acceptors (Lipinski definition) is 4. The van der Waals surface area contributed by atoms with Gasteiger partial charge in [-0.25, -0.2) is 0 Å². The van der Waals surface area contributed by atoms with Gasteiger partial charge in [-0.15, -0.1) is 0 Å². The number of aliphatic hydroxyl groups excluding tert-OH is 1. The fourth-order valence-electron chi connectivity index (χ4n) is 4.77. The van der Waals surface area contributed by atoms with Crippen molar-refractivity contribution in [3.63, 3.8) is 0 Å². The van der Waals surface area contributed by atoms with E-state index < -0.39 is 17.7 Å². The van der Waals surface area contributed by atoms with Gasteiger partial charge in [0.25, 0.3) is 11.7 Å². The zero-order chi connectivity index (χ0) is 22.2. The molecule has 1 aromatic heterocycles. The van der Waals surface area contributed by atoms with Gasteiger partial charge in [-0.1, -0.05) is 30.3 Å². The molecule has 0 spiro atoms. The number of Topliss-reactive ketones (excluding diaryl/α,β-unsaturated/α-hetero) is 1. The molecular weight excluding hydrogens is 400 g/mol. The van der Waals surface area contributed by atoms with Crippen molar-refractivity contribution in [1.82, 2.24) is 4.98 Å². The summed E-state index contributed by atoms with van der Waals surface area (Å²) in [5.74, 6) is -1.47. The summed E-state index contributed by atoms with van der Waals surface area (Å²) in [7, 11) is 0. The van der Waals surface area contributed by atoms with Crippen LogP contribution in [-0.4, -0.2) is 21.8 Å². The Morgan fingerprint density at radius 3 is 2.56 bits per heavy atom. The lowest BCUT2D eigenvalue weighted by Gasteiger charge is -2.25. The topological polar surface area (TPSA) is 70.5 Å². The zero-order valence-electron chi connectivity index (χ0n) is 17.9. The number of nitrogens with zero attached hydrogens (tertiary/aromatic N) is 2. The van der Waals surface area contributed by atoms with Crippen molar-refractivity contribution in [1.29, 1.82) is 0 Å². The average Bonchev–Trinajstić information content (AvgIpc) is 3.09. The predicted molar refractivity (Wildman–Crippen MR) is 123 cm³/mol. The molecule has 1 N–H and O–H groups in total. The normalized spacial score (nSPS) is 19.8. The molecule has 1 atom stereocenters. The van der Waals surface area contributed by atoms with E-state index in [2.05, 4.69) is 4.98 Å². The van der Waals surface area contributed by atoms with E-state index in [0.717, 1.165) is 24.8 Å². The van der Waals surface area contributed by atoms with Crippen LogP contribution in [-0.2, 0) is 22.4 Å². The molecule has 1 unspecified atom stereocenters. The number of rotatable bonds is 3. The number of benzene rings is 2. The average molecular weight is 425 g/mol. The highest BCUT2D eigenvalue weighted by Gasteiger charge is 2.47. The molecule has 0 saturated carbocycles. The molecule has 0 radical (unpaired) electrons. The van der Waals surface area contributed by atoms with Crippen LogP contribution in [0.25, 0.3) is 5.76 Å². The minimum absolute atomic E-state index is 0.0975. The second kappa shape index (κ2) is 8.08. The van der Waals surface area contributed by atoms with E-state index in [0.29, 0.717) is 16.8 Å². The molecule has 0 bridgehead atoms. The van der Waals surface area contributed by atoms with Crippen molar-refractivity contribution in [2.75, 3.05) is 4.90 Å². The SMILES string of the molecule is Cc1cccc(N2C(=O)C(=O)/C(=C(\O)c3ccc4c(c3)CCCC4)C2c2cccnc2)c1. The van der Waals surface area contributed by atoms with Crippen LogP contribution in [0.15, 0.2) is 72.6 Å². The molecule has 3 aromatic rings. The minimum Gasteiger partial charge on any atom is -0.507 e. The van der Waals surface area contributed by atoms with Gasteiger partial charge in [0.15, 0.2) is 0 Å². The van der Waals surface area contributed by atoms with Gasteiger partial charge < -0.3 is 5.11 Å². The van der Waals surface area contributed by atoms with Gasteiger partial charge in [0.2, 0.25) is 0 Å². The molecule has 1 aliphatic heterocycles. The third kappa shape index (κ3) is 3.40. The lowest BCUT2D eigenvalue weighted by Crippen LogP contribution is -2.29. The smallest absolute Gasteiger partial charge is 0.300 e. The lowest BCUT2D eigenvalue weighted by atomic mass is 9.89. The maximum atomic E-state index is 13.2. The van der Waals surface area contributed by atoms with Crippen LogP contribution in [0.3, 0.4) is 0 Å². The number of aromatic nitrogens is 1. The summed E-state index contributed by atoms with van der Waals surface area (Å²) in [6.07, 6.45) is 7.56. The number of anilines is 1. The quantitative estimate of drug-likeness (QED) is 0.369. The molecule has 32 heavy (non-hydrogen) atoms. The Balaban J connectivity index is 1.69. The van der Waals surface area contributed by atoms with E-state index in [1.54, 1.807) is 24.5 Å². The van der Waals surface area contributed by atoms with E-state index in [1.807, 2.05) is 49.4 Å². The molecular formula is C27H24N2O3. The van der Waals surface area contributed by atoms with E-state index in [-0.39, 0.29) is 11.3 Å². The maximum absolute atomic E-state index is 13.2. The Bertz CT molecular complexity index is 1250. The number of carbonyl (C=O) groups is 2. The Morgan fingerprint density at radius 2 is 1.81 bits per heavy atom. The number of aliphatic hydroxyl groups is 1.